The number of nitrogens with two attached hydrogens (primary N) is 1. The van der Waals surface area contributed by atoms with Crippen molar-refractivity contribution in [3.05, 3.63) is 29.8 Å². The van der Waals surface area contributed by atoms with Gasteiger partial charge in [0.25, 0.3) is 5.91 Å². The third-order valence-electron chi connectivity index (χ3n) is 3.39. The zero-order valence-electron chi connectivity index (χ0n) is 14.2. The summed E-state index contributed by atoms with van der Waals surface area (Å²) in [6.45, 7) is 0.671. The van der Waals surface area contributed by atoms with E-state index in [-0.39, 0.29) is 29.4 Å². The van der Waals surface area contributed by atoms with Gasteiger partial charge < -0.3 is 11.1 Å². The van der Waals surface area contributed by atoms with E-state index in [1.54, 1.807) is 5.32 Å². The van der Waals surface area contributed by atoms with Crippen LogP contribution in [0.25, 0.3) is 0 Å². The summed E-state index contributed by atoms with van der Waals surface area (Å²) in [4.78, 5) is 11.5. The van der Waals surface area contributed by atoms with Crippen LogP contribution in [0.15, 0.2) is 29.2 Å². The Balaban J connectivity index is 0.00000625. The van der Waals surface area contributed by atoms with Gasteiger partial charge >= 0.3 is 6.18 Å². The van der Waals surface area contributed by atoms with Crippen LogP contribution >= 0.6 is 12.4 Å². The Hall–Kier alpha value is -1.36. The highest BCUT2D eigenvalue weighted by Gasteiger charge is 2.28. The number of benzene rings is 1. The van der Waals surface area contributed by atoms with Crippen molar-refractivity contribution in [3.8, 4) is 0 Å². The predicted octanol–water partition coefficient (Wildman–Crippen LogP) is 2.20. The predicted molar refractivity (Wildman–Crippen MR) is 94.8 cm³/mol. The van der Waals surface area contributed by atoms with Crippen molar-refractivity contribution in [1.29, 1.82) is 0 Å². The lowest BCUT2D eigenvalue weighted by Crippen LogP contribution is -2.40. The molecular formula is C15H23ClF3N3O3S. The van der Waals surface area contributed by atoms with Gasteiger partial charge in [-0.3, -0.25) is 4.79 Å². The third-order valence-corrected chi connectivity index (χ3v) is 4.93. The second-order valence-electron chi connectivity index (χ2n) is 5.52. The highest BCUT2D eigenvalue weighted by Crippen LogP contribution is 2.14. The van der Waals surface area contributed by atoms with E-state index in [0.717, 1.165) is 37.1 Å². The molecule has 0 aliphatic heterocycles. The normalized spacial score (nSPS) is 13.0. The molecule has 1 aromatic carbocycles. The Morgan fingerprint density at radius 3 is 2.27 bits per heavy atom. The zero-order valence-corrected chi connectivity index (χ0v) is 15.8. The highest BCUT2D eigenvalue weighted by atomic mass is 35.5. The molecule has 1 rings (SSSR count). The Kier molecular flexibility index (Phi) is 10.1. The molecule has 1 aromatic rings. The van der Waals surface area contributed by atoms with Crippen molar-refractivity contribution in [3.63, 3.8) is 0 Å². The smallest absolute Gasteiger partial charge is 0.343 e. The lowest BCUT2D eigenvalue weighted by Gasteiger charge is -2.16. The minimum absolute atomic E-state index is 0. The monoisotopic (exact) mass is 417 g/mol. The molecule has 1 amide bonds. The molecule has 0 aliphatic carbocycles. The summed E-state index contributed by atoms with van der Waals surface area (Å²) in [5.74, 6) is -0.933. The number of sulfonamides is 1. The lowest BCUT2D eigenvalue weighted by molar-refractivity contribution is -0.123. The van der Waals surface area contributed by atoms with Gasteiger partial charge in [-0.25, -0.2) is 13.1 Å². The van der Waals surface area contributed by atoms with E-state index < -0.39 is 34.7 Å². The minimum atomic E-state index is -4.52. The van der Waals surface area contributed by atoms with Crippen LogP contribution in [0, 0.1) is 0 Å². The molecule has 1 atom stereocenters. The van der Waals surface area contributed by atoms with Gasteiger partial charge in [0.15, 0.2) is 0 Å². The van der Waals surface area contributed by atoms with Gasteiger partial charge in [-0.2, -0.15) is 13.2 Å². The number of rotatable bonds is 9. The number of nitrogens with one attached hydrogen (secondary N) is 2. The first-order valence-electron chi connectivity index (χ1n) is 7.76. The number of halogens is 4. The van der Waals surface area contributed by atoms with Gasteiger partial charge in [-0.15, -0.1) is 12.4 Å². The maximum Gasteiger partial charge on any atom is 0.405 e. The number of unbranched alkanes of at least 4 members (excludes halogenated alkanes) is 1. The van der Waals surface area contributed by atoms with E-state index in [4.69, 9.17) is 5.73 Å². The number of carbonyl (C=O) groups is 1. The van der Waals surface area contributed by atoms with Crippen LogP contribution in [0.1, 0.15) is 36.5 Å². The summed E-state index contributed by atoms with van der Waals surface area (Å²) < 4.78 is 63.3. The molecule has 4 N–H and O–H groups in total. The van der Waals surface area contributed by atoms with Gasteiger partial charge in [0, 0.05) is 18.2 Å². The van der Waals surface area contributed by atoms with Crippen molar-refractivity contribution >= 4 is 28.3 Å². The highest BCUT2D eigenvalue weighted by molar-refractivity contribution is 7.89. The number of carbonyl (C=O) groups excluding carboxylic acids is 1. The molecule has 0 fully saturated rings. The lowest BCUT2D eigenvalue weighted by atomic mass is 10.1. The van der Waals surface area contributed by atoms with Crippen LogP contribution in [0.3, 0.4) is 0 Å². The van der Waals surface area contributed by atoms with Crippen molar-refractivity contribution in [1.82, 2.24) is 10.0 Å². The Morgan fingerprint density at radius 2 is 1.81 bits per heavy atom. The Bertz CT molecular complexity index is 667. The number of hydrogen-bond donors (Lipinski definition) is 3. The van der Waals surface area contributed by atoms with Crippen LogP contribution in [0.2, 0.25) is 0 Å². The van der Waals surface area contributed by atoms with Crippen molar-refractivity contribution < 1.29 is 26.4 Å². The maximum absolute atomic E-state index is 12.3. The summed E-state index contributed by atoms with van der Waals surface area (Å²) in [6.07, 6.45) is -2.19. The van der Waals surface area contributed by atoms with Crippen LogP contribution in [-0.4, -0.2) is 39.6 Å². The largest absolute Gasteiger partial charge is 0.405 e. The van der Waals surface area contributed by atoms with Crippen LogP contribution in [0.4, 0.5) is 13.2 Å². The fourth-order valence-corrected chi connectivity index (χ4v) is 3.31. The number of amides is 1. The fourth-order valence-electron chi connectivity index (χ4n) is 2.03. The molecule has 0 aliphatic rings. The van der Waals surface area contributed by atoms with E-state index >= 15 is 0 Å². The van der Waals surface area contributed by atoms with E-state index in [0.29, 0.717) is 6.42 Å². The van der Waals surface area contributed by atoms with E-state index in [1.165, 1.54) is 0 Å². The fraction of sp³-hybridized carbons (Fsp3) is 0.533. The first-order valence-corrected chi connectivity index (χ1v) is 9.24. The van der Waals surface area contributed by atoms with E-state index in [9.17, 15) is 26.4 Å². The third kappa shape index (κ3) is 8.35. The second kappa shape index (κ2) is 10.7. The summed E-state index contributed by atoms with van der Waals surface area (Å²) in [7, 11) is -3.82. The summed E-state index contributed by atoms with van der Waals surface area (Å²) in [5, 5.41) is 1.72. The average Bonchev–Trinajstić information content (AvgIpc) is 2.55. The molecule has 0 radical (unpaired) electrons. The molecular weight excluding hydrogens is 395 g/mol. The number of hydrogen-bond acceptors (Lipinski definition) is 4. The van der Waals surface area contributed by atoms with Gasteiger partial charge in [-0.1, -0.05) is 19.8 Å². The van der Waals surface area contributed by atoms with Crippen LogP contribution in [-0.2, 0) is 10.0 Å². The molecule has 6 nitrogen and oxygen atoms in total. The van der Waals surface area contributed by atoms with E-state index in [2.05, 4.69) is 4.72 Å². The first-order chi connectivity index (χ1) is 11.6. The van der Waals surface area contributed by atoms with Crippen LogP contribution in [0.5, 0.6) is 0 Å². The van der Waals surface area contributed by atoms with Crippen molar-refractivity contribution in [2.45, 2.75) is 43.3 Å². The molecule has 26 heavy (non-hydrogen) atoms. The van der Waals surface area contributed by atoms with Gasteiger partial charge in [-0.05, 0) is 30.7 Å². The van der Waals surface area contributed by atoms with E-state index in [1.807, 2.05) is 6.92 Å². The minimum Gasteiger partial charge on any atom is -0.343 e. The topological polar surface area (TPSA) is 101 Å². The molecule has 0 saturated heterocycles. The molecule has 1 unspecified atom stereocenters. The number of alkyl halides is 3. The SMILES string of the molecule is CCCCC(CN)NS(=O)(=O)c1ccc(C(=O)NCC(F)(F)F)cc1.Cl. The second-order valence-corrected chi connectivity index (χ2v) is 7.23. The van der Waals surface area contributed by atoms with Gasteiger partial charge in [0.2, 0.25) is 10.0 Å². The van der Waals surface area contributed by atoms with Crippen molar-refractivity contribution in [2.24, 2.45) is 5.73 Å². The Labute approximate surface area is 157 Å². The quantitative estimate of drug-likeness (QED) is 0.573. The summed E-state index contributed by atoms with van der Waals surface area (Å²) in [6, 6.07) is 4.24. The summed E-state index contributed by atoms with van der Waals surface area (Å²) in [5.41, 5.74) is 5.49. The molecule has 0 spiro atoms. The van der Waals surface area contributed by atoms with Gasteiger partial charge in [0.1, 0.15) is 6.54 Å². The maximum atomic E-state index is 12.3. The molecule has 11 heteroatoms. The standard InChI is InChI=1S/C15H22F3N3O3S.ClH/c1-2-3-4-12(9-19)21-25(23,24)13-7-5-11(6-8-13)14(22)20-10-15(16,17)18;/h5-8,12,21H,2-4,9-10,19H2,1H3,(H,20,22);1H. The van der Waals surface area contributed by atoms with Crippen LogP contribution < -0.4 is 15.8 Å². The average molecular weight is 418 g/mol. The molecule has 0 bridgehead atoms. The first kappa shape index (κ1) is 24.6. The summed E-state index contributed by atoms with van der Waals surface area (Å²) >= 11 is 0. The van der Waals surface area contributed by atoms with Gasteiger partial charge in [0.05, 0.1) is 4.90 Å². The molecule has 0 aromatic heterocycles. The van der Waals surface area contributed by atoms with Crippen molar-refractivity contribution in [2.75, 3.05) is 13.1 Å². The molecule has 0 saturated carbocycles. The molecule has 150 valence electrons. The Morgan fingerprint density at radius 1 is 1.23 bits per heavy atom. The molecule has 0 heterocycles. The zero-order chi connectivity index (χ0) is 19.1.